The molecule has 6 heteroatoms. The molecule has 0 radical (unpaired) electrons. The second-order valence-corrected chi connectivity index (χ2v) is 5.62. The second kappa shape index (κ2) is 5.24. The van der Waals surface area contributed by atoms with E-state index in [1.165, 1.54) is 0 Å². The van der Waals surface area contributed by atoms with Gasteiger partial charge in [0.05, 0.1) is 6.54 Å². The van der Waals surface area contributed by atoms with Gasteiger partial charge in [0, 0.05) is 35.9 Å². The zero-order chi connectivity index (χ0) is 13.3. The third-order valence-corrected chi connectivity index (χ3v) is 3.74. The molecule has 0 spiro atoms. The Hall–Kier alpha value is -1.14. The fraction of sp³-hybridized carbons (Fsp3) is 0.333. The normalized spacial score (nSPS) is 16.0. The molecule has 2 N–H and O–H groups in total. The molecule has 0 aliphatic carbocycles. The van der Waals surface area contributed by atoms with E-state index in [4.69, 9.17) is 18.0 Å². The number of carbonyl (C=O) groups excluding carboxylic acids is 1. The molecule has 1 aliphatic heterocycles. The highest BCUT2D eigenvalue weighted by molar-refractivity contribution is 9.10. The lowest BCUT2D eigenvalue weighted by atomic mass is 10.1. The van der Waals surface area contributed by atoms with E-state index in [0.717, 1.165) is 22.3 Å². The van der Waals surface area contributed by atoms with E-state index in [1.54, 1.807) is 4.90 Å². The first-order chi connectivity index (χ1) is 8.49. The standard InChI is InChI=1S/C12H14BrN3OS/c1-15-4-5-16(7-11(15)17)10-6-8(13)2-3-9(10)12(14)18/h2-3,6H,4-5,7H2,1H3,(H2,14,18). The van der Waals surface area contributed by atoms with Crippen LogP contribution in [0.4, 0.5) is 5.69 Å². The number of likely N-dealkylation sites (N-methyl/N-ethyl adjacent to an activating group) is 1. The molecule has 0 bridgehead atoms. The number of rotatable bonds is 2. The number of nitrogens with zero attached hydrogens (tertiary/aromatic N) is 2. The Morgan fingerprint density at radius 2 is 2.17 bits per heavy atom. The first-order valence-electron chi connectivity index (χ1n) is 5.57. The minimum atomic E-state index is 0.107. The van der Waals surface area contributed by atoms with Gasteiger partial charge in [0.2, 0.25) is 5.91 Å². The van der Waals surface area contributed by atoms with Crippen LogP contribution in [0.25, 0.3) is 0 Å². The van der Waals surface area contributed by atoms with Gasteiger partial charge in [0.1, 0.15) is 4.99 Å². The number of piperazine rings is 1. The summed E-state index contributed by atoms with van der Waals surface area (Å²) in [7, 11) is 1.81. The molecule has 2 rings (SSSR count). The van der Waals surface area contributed by atoms with Crippen molar-refractivity contribution in [1.29, 1.82) is 0 Å². The zero-order valence-corrected chi connectivity index (χ0v) is 12.4. The number of halogens is 1. The molecule has 18 heavy (non-hydrogen) atoms. The molecule has 0 unspecified atom stereocenters. The monoisotopic (exact) mass is 327 g/mol. The minimum absolute atomic E-state index is 0.107. The average molecular weight is 328 g/mol. The second-order valence-electron chi connectivity index (χ2n) is 4.26. The topological polar surface area (TPSA) is 49.6 Å². The van der Waals surface area contributed by atoms with E-state index in [0.29, 0.717) is 18.1 Å². The molecule has 4 nitrogen and oxygen atoms in total. The fourth-order valence-corrected chi connectivity index (χ4v) is 2.46. The predicted octanol–water partition coefficient (Wildman–Crippen LogP) is 1.36. The molecule has 1 heterocycles. The van der Waals surface area contributed by atoms with E-state index in [9.17, 15) is 4.79 Å². The van der Waals surface area contributed by atoms with Crippen LogP contribution in [0.15, 0.2) is 22.7 Å². The van der Waals surface area contributed by atoms with Crippen molar-refractivity contribution in [1.82, 2.24) is 4.90 Å². The minimum Gasteiger partial charge on any atom is -0.389 e. The van der Waals surface area contributed by atoms with Crippen molar-refractivity contribution < 1.29 is 4.79 Å². The summed E-state index contributed by atoms with van der Waals surface area (Å²) in [4.78, 5) is 15.8. The molecule has 0 aromatic heterocycles. The molecule has 1 saturated heterocycles. The Labute approximate surface area is 120 Å². The summed E-state index contributed by atoms with van der Waals surface area (Å²) in [6.07, 6.45) is 0. The molecule has 1 fully saturated rings. The van der Waals surface area contributed by atoms with Gasteiger partial charge < -0.3 is 15.5 Å². The SMILES string of the molecule is CN1CCN(c2cc(Br)ccc2C(N)=S)CC1=O. The molecular weight excluding hydrogens is 314 g/mol. The lowest BCUT2D eigenvalue weighted by Crippen LogP contribution is -2.49. The van der Waals surface area contributed by atoms with Crippen molar-refractivity contribution in [3.63, 3.8) is 0 Å². The molecule has 96 valence electrons. The largest absolute Gasteiger partial charge is 0.389 e. The van der Waals surface area contributed by atoms with Crippen molar-refractivity contribution in [2.45, 2.75) is 0 Å². The molecule has 1 amide bonds. The van der Waals surface area contributed by atoms with Crippen molar-refractivity contribution in [3.05, 3.63) is 28.2 Å². The summed E-state index contributed by atoms with van der Waals surface area (Å²) in [5.41, 5.74) is 7.45. The third-order valence-electron chi connectivity index (χ3n) is 3.02. The molecular formula is C12H14BrN3OS. The maximum atomic E-state index is 11.8. The van der Waals surface area contributed by atoms with Gasteiger partial charge in [0.25, 0.3) is 0 Å². The Morgan fingerprint density at radius 3 is 2.78 bits per heavy atom. The van der Waals surface area contributed by atoms with Crippen molar-refractivity contribution in [2.75, 3.05) is 31.6 Å². The van der Waals surface area contributed by atoms with Crippen molar-refractivity contribution >= 4 is 44.7 Å². The smallest absolute Gasteiger partial charge is 0.241 e. The summed E-state index contributed by atoms with van der Waals surface area (Å²) in [6.45, 7) is 1.86. The van der Waals surface area contributed by atoms with Gasteiger partial charge in [-0.15, -0.1) is 0 Å². The average Bonchev–Trinajstić information content (AvgIpc) is 2.32. The summed E-state index contributed by atoms with van der Waals surface area (Å²) in [5.74, 6) is 0.107. The van der Waals surface area contributed by atoms with E-state index in [1.807, 2.05) is 30.1 Å². The number of carbonyl (C=O) groups is 1. The van der Waals surface area contributed by atoms with Gasteiger partial charge in [-0.1, -0.05) is 28.1 Å². The number of hydrogen-bond acceptors (Lipinski definition) is 3. The molecule has 1 aromatic rings. The van der Waals surface area contributed by atoms with Crippen LogP contribution in [-0.4, -0.2) is 42.5 Å². The molecule has 1 aliphatic rings. The quantitative estimate of drug-likeness (QED) is 0.833. The Morgan fingerprint density at radius 1 is 1.44 bits per heavy atom. The van der Waals surface area contributed by atoms with Crippen LogP contribution in [0.2, 0.25) is 0 Å². The Balaban J connectivity index is 2.35. The zero-order valence-electron chi connectivity index (χ0n) is 10.0. The van der Waals surface area contributed by atoms with E-state index in [2.05, 4.69) is 15.9 Å². The van der Waals surface area contributed by atoms with Crippen LogP contribution in [-0.2, 0) is 4.79 Å². The Kier molecular flexibility index (Phi) is 3.87. The third kappa shape index (κ3) is 2.64. The van der Waals surface area contributed by atoms with Crippen LogP contribution in [0.1, 0.15) is 5.56 Å². The fourth-order valence-electron chi connectivity index (χ4n) is 1.94. The highest BCUT2D eigenvalue weighted by Gasteiger charge is 2.23. The summed E-state index contributed by atoms with van der Waals surface area (Å²) >= 11 is 8.49. The highest BCUT2D eigenvalue weighted by Crippen LogP contribution is 2.26. The molecule has 0 atom stereocenters. The van der Waals surface area contributed by atoms with Gasteiger partial charge >= 0.3 is 0 Å². The number of nitrogens with two attached hydrogens (primary N) is 1. The van der Waals surface area contributed by atoms with E-state index < -0.39 is 0 Å². The lowest BCUT2D eigenvalue weighted by Gasteiger charge is -2.34. The van der Waals surface area contributed by atoms with Gasteiger partial charge in [-0.3, -0.25) is 4.79 Å². The first kappa shape index (κ1) is 13.3. The molecule has 1 aromatic carbocycles. The van der Waals surface area contributed by atoms with Crippen LogP contribution in [0.5, 0.6) is 0 Å². The lowest BCUT2D eigenvalue weighted by molar-refractivity contribution is -0.129. The number of amides is 1. The van der Waals surface area contributed by atoms with Gasteiger partial charge in [-0.25, -0.2) is 0 Å². The number of benzene rings is 1. The summed E-state index contributed by atoms with van der Waals surface area (Å²) < 4.78 is 0.948. The summed E-state index contributed by atoms with van der Waals surface area (Å²) in [5, 5.41) is 0. The van der Waals surface area contributed by atoms with Crippen LogP contribution < -0.4 is 10.6 Å². The number of thiocarbonyl (C=S) groups is 1. The number of anilines is 1. The Bertz CT molecular complexity index is 506. The van der Waals surface area contributed by atoms with Gasteiger partial charge in [-0.05, 0) is 18.2 Å². The van der Waals surface area contributed by atoms with Crippen LogP contribution in [0, 0.1) is 0 Å². The maximum absolute atomic E-state index is 11.8. The predicted molar refractivity (Wildman–Crippen MR) is 79.9 cm³/mol. The van der Waals surface area contributed by atoms with Crippen molar-refractivity contribution in [2.24, 2.45) is 5.73 Å². The van der Waals surface area contributed by atoms with E-state index >= 15 is 0 Å². The van der Waals surface area contributed by atoms with Crippen LogP contribution in [0.3, 0.4) is 0 Å². The number of hydrogen-bond donors (Lipinski definition) is 1. The van der Waals surface area contributed by atoms with E-state index in [-0.39, 0.29) is 5.91 Å². The summed E-state index contributed by atoms with van der Waals surface area (Å²) in [6, 6.07) is 5.73. The van der Waals surface area contributed by atoms with Crippen LogP contribution >= 0.6 is 28.1 Å². The molecule has 0 saturated carbocycles. The van der Waals surface area contributed by atoms with Gasteiger partial charge in [-0.2, -0.15) is 0 Å². The first-order valence-corrected chi connectivity index (χ1v) is 6.77. The maximum Gasteiger partial charge on any atom is 0.241 e. The van der Waals surface area contributed by atoms with Gasteiger partial charge in [0.15, 0.2) is 0 Å². The van der Waals surface area contributed by atoms with Crippen molar-refractivity contribution in [3.8, 4) is 0 Å². The highest BCUT2D eigenvalue weighted by atomic mass is 79.9.